The summed E-state index contributed by atoms with van der Waals surface area (Å²) in [5.41, 5.74) is 0.889. The van der Waals surface area contributed by atoms with Crippen LogP contribution in [0.4, 0.5) is 5.69 Å². The molecule has 1 fully saturated rings. The molecule has 104 valence electrons. The SMILES string of the molecule is CCc1ccc(OC2CCCCC2O)c([N+](=O)[O-])c1. The third kappa shape index (κ3) is 3.23. The van der Waals surface area contributed by atoms with Crippen LogP contribution in [0.25, 0.3) is 0 Å². The van der Waals surface area contributed by atoms with Crippen molar-refractivity contribution in [3.63, 3.8) is 0 Å². The summed E-state index contributed by atoms with van der Waals surface area (Å²) in [4.78, 5) is 10.6. The topological polar surface area (TPSA) is 72.6 Å². The molecule has 1 aromatic carbocycles. The minimum absolute atomic E-state index is 0.0166. The molecule has 1 aliphatic carbocycles. The van der Waals surface area contributed by atoms with Crippen molar-refractivity contribution < 1.29 is 14.8 Å². The van der Waals surface area contributed by atoms with Crippen LogP contribution in [-0.4, -0.2) is 22.2 Å². The van der Waals surface area contributed by atoms with E-state index >= 15 is 0 Å². The summed E-state index contributed by atoms with van der Waals surface area (Å²) >= 11 is 0. The molecule has 0 radical (unpaired) electrons. The van der Waals surface area contributed by atoms with Crippen LogP contribution < -0.4 is 4.74 Å². The van der Waals surface area contributed by atoms with Gasteiger partial charge in [-0.1, -0.05) is 19.4 Å². The minimum Gasteiger partial charge on any atom is -0.481 e. The van der Waals surface area contributed by atoms with Gasteiger partial charge in [0, 0.05) is 6.07 Å². The van der Waals surface area contributed by atoms with E-state index in [-0.39, 0.29) is 17.5 Å². The van der Waals surface area contributed by atoms with E-state index in [2.05, 4.69) is 0 Å². The van der Waals surface area contributed by atoms with Gasteiger partial charge in [0.1, 0.15) is 6.10 Å². The summed E-state index contributed by atoms with van der Waals surface area (Å²) in [5.74, 6) is 0.258. The molecule has 0 spiro atoms. The van der Waals surface area contributed by atoms with Gasteiger partial charge in [-0.3, -0.25) is 10.1 Å². The van der Waals surface area contributed by atoms with E-state index in [1.807, 2.05) is 13.0 Å². The van der Waals surface area contributed by atoms with Gasteiger partial charge in [-0.25, -0.2) is 0 Å². The Hall–Kier alpha value is -1.62. The predicted molar refractivity (Wildman–Crippen MR) is 71.4 cm³/mol. The number of rotatable bonds is 4. The van der Waals surface area contributed by atoms with E-state index in [1.165, 1.54) is 0 Å². The van der Waals surface area contributed by atoms with Gasteiger partial charge in [0.15, 0.2) is 5.75 Å². The molecule has 1 aromatic rings. The molecule has 0 heterocycles. The zero-order valence-electron chi connectivity index (χ0n) is 11.0. The molecule has 0 aliphatic heterocycles. The first-order chi connectivity index (χ1) is 9.11. The van der Waals surface area contributed by atoms with Crippen molar-refractivity contribution in [2.75, 3.05) is 0 Å². The summed E-state index contributed by atoms with van der Waals surface area (Å²) in [7, 11) is 0. The molecule has 0 saturated heterocycles. The van der Waals surface area contributed by atoms with Crippen LogP contribution in [-0.2, 0) is 6.42 Å². The van der Waals surface area contributed by atoms with Gasteiger partial charge < -0.3 is 9.84 Å². The standard InChI is InChI=1S/C14H19NO4/c1-2-10-7-8-13(11(9-10)15(17)18)19-14-6-4-3-5-12(14)16/h7-9,12,14,16H,2-6H2,1H3. The number of benzene rings is 1. The summed E-state index contributed by atoms with van der Waals surface area (Å²) in [6.07, 6.45) is 3.30. The van der Waals surface area contributed by atoms with E-state index in [0.717, 1.165) is 31.2 Å². The van der Waals surface area contributed by atoms with Gasteiger partial charge in [-0.2, -0.15) is 0 Å². The highest BCUT2D eigenvalue weighted by Gasteiger charge is 2.27. The van der Waals surface area contributed by atoms with Crippen molar-refractivity contribution in [3.05, 3.63) is 33.9 Å². The Morgan fingerprint density at radius 3 is 2.79 bits per heavy atom. The van der Waals surface area contributed by atoms with Crippen molar-refractivity contribution in [1.82, 2.24) is 0 Å². The molecule has 2 rings (SSSR count). The van der Waals surface area contributed by atoms with Gasteiger partial charge in [-0.15, -0.1) is 0 Å². The van der Waals surface area contributed by atoms with Crippen LogP contribution in [0.3, 0.4) is 0 Å². The van der Waals surface area contributed by atoms with E-state index in [0.29, 0.717) is 6.42 Å². The second-order valence-electron chi connectivity index (χ2n) is 4.92. The second-order valence-corrected chi connectivity index (χ2v) is 4.92. The quantitative estimate of drug-likeness (QED) is 0.671. The molecule has 2 unspecified atom stereocenters. The molecule has 1 saturated carbocycles. The molecule has 19 heavy (non-hydrogen) atoms. The van der Waals surface area contributed by atoms with Crippen molar-refractivity contribution in [2.45, 2.75) is 51.2 Å². The fourth-order valence-corrected chi connectivity index (χ4v) is 2.40. The number of nitro groups is 1. The maximum Gasteiger partial charge on any atom is 0.311 e. The lowest BCUT2D eigenvalue weighted by atomic mass is 9.95. The average molecular weight is 265 g/mol. The van der Waals surface area contributed by atoms with Gasteiger partial charge >= 0.3 is 5.69 Å². The number of nitro benzene ring substituents is 1. The number of nitrogens with zero attached hydrogens (tertiary/aromatic N) is 1. The highest BCUT2D eigenvalue weighted by molar-refractivity contribution is 5.48. The maximum absolute atomic E-state index is 11.1. The number of aliphatic hydroxyl groups excluding tert-OH is 1. The summed E-state index contributed by atoms with van der Waals surface area (Å²) in [5, 5.41) is 20.9. The molecular formula is C14H19NO4. The van der Waals surface area contributed by atoms with E-state index < -0.39 is 11.0 Å². The van der Waals surface area contributed by atoms with Gasteiger partial charge in [0.05, 0.1) is 11.0 Å². The lowest BCUT2D eigenvalue weighted by Crippen LogP contribution is -2.34. The number of hydrogen-bond donors (Lipinski definition) is 1. The Labute approximate surface area is 112 Å². The smallest absolute Gasteiger partial charge is 0.311 e. The van der Waals surface area contributed by atoms with E-state index in [4.69, 9.17) is 4.74 Å². The Kier molecular flexibility index (Phi) is 4.37. The Morgan fingerprint density at radius 1 is 1.42 bits per heavy atom. The third-order valence-corrected chi connectivity index (χ3v) is 3.57. The molecule has 0 aromatic heterocycles. The van der Waals surface area contributed by atoms with Crippen LogP contribution in [0.15, 0.2) is 18.2 Å². The van der Waals surface area contributed by atoms with Crippen LogP contribution >= 0.6 is 0 Å². The number of hydrogen-bond acceptors (Lipinski definition) is 4. The Bertz CT molecular complexity index is 461. The van der Waals surface area contributed by atoms with E-state index in [9.17, 15) is 15.2 Å². The zero-order chi connectivity index (χ0) is 13.8. The normalized spacial score (nSPS) is 23.1. The molecule has 5 heteroatoms. The summed E-state index contributed by atoms with van der Waals surface area (Å²) in [6, 6.07) is 5.01. The Balaban J connectivity index is 2.21. The van der Waals surface area contributed by atoms with Crippen molar-refractivity contribution in [1.29, 1.82) is 0 Å². The minimum atomic E-state index is -0.529. The maximum atomic E-state index is 11.1. The summed E-state index contributed by atoms with van der Waals surface area (Å²) < 4.78 is 5.67. The molecule has 1 N–H and O–H groups in total. The molecule has 1 aliphatic rings. The van der Waals surface area contributed by atoms with Gasteiger partial charge in [0.2, 0.25) is 0 Å². The fourth-order valence-electron chi connectivity index (χ4n) is 2.40. The number of aliphatic hydroxyl groups is 1. The van der Waals surface area contributed by atoms with Gasteiger partial charge in [-0.05, 0) is 37.3 Å². The van der Waals surface area contributed by atoms with Crippen LogP contribution in [0.1, 0.15) is 38.2 Å². The lowest BCUT2D eigenvalue weighted by molar-refractivity contribution is -0.386. The van der Waals surface area contributed by atoms with Crippen LogP contribution in [0.5, 0.6) is 5.75 Å². The average Bonchev–Trinajstić information content (AvgIpc) is 2.41. The first-order valence-electron chi connectivity index (χ1n) is 6.74. The van der Waals surface area contributed by atoms with Crippen molar-refractivity contribution in [3.8, 4) is 5.75 Å². The molecule has 0 amide bonds. The highest BCUT2D eigenvalue weighted by Crippen LogP contribution is 2.32. The molecular weight excluding hydrogens is 246 g/mol. The molecule has 0 bridgehead atoms. The van der Waals surface area contributed by atoms with Crippen molar-refractivity contribution in [2.24, 2.45) is 0 Å². The third-order valence-electron chi connectivity index (χ3n) is 3.57. The zero-order valence-corrected chi connectivity index (χ0v) is 11.0. The van der Waals surface area contributed by atoms with Crippen LogP contribution in [0, 0.1) is 10.1 Å². The molecule has 2 atom stereocenters. The monoisotopic (exact) mass is 265 g/mol. The number of ether oxygens (including phenoxy) is 1. The molecule has 5 nitrogen and oxygen atoms in total. The number of aryl methyl sites for hydroxylation is 1. The highest BCUT2D eigenvalue weighted by atomic mass is 16.6. The lowest BCUT2D eigenvalue weighted by Gasteiger charge is -2.28. The first kappa shape index (κ1) is 13.8. The Morgan fingerprint density at radius 2 is 2.16 bits per heavy atom. The largest absolute Gasteiger partial charge is 0.481 e. The van der Waals surface area contributed by atoms with Gasteiger partial charge in [0.25, 0.3) is 0 Å². The fraction of sp³-hybridized carbons (Fsp3) is 0.571. The first-order valence-corrected chi connectivity index (χ1v) is 6.74. The predicted octanol–water partition coefficient (Wildman–Crippen LogP) is 2.84. The summed E-state index contributed by atoms with van der Waals surface area (Å²) in [6.45, 7) is 1.95. The van der Waals surface area contributed by atoms with Crippen LogP contribution in [0.2, 0.25) is 0 Å². The van der Waals surface area contributed by atoms with E-state index in [1.54, 1.807) is 12.1 Å². The van der Waals surface area contributed by atoms with Crippen molar-refractivity contribution >= 4 is 5.69 Å². The second kappa shape index (κ2) is 6.02.